The number of benzene rings is 1. The van der Waals surface area contributed by atoms with E-state index < -0.39 is 53.9 Å². The molecular formula is C22H26N2O8. The van der Waals surface area contributed by atoms with Crippen LogP contribution in [0.25, 0.3) is 0 Å². The van der Waals surface area contributed by atoms with E-state index in [4.69, 9.17) is 15.9 Å². The van der Waals surface area contributed by atoms with Crippen LogP contribution in [0.4, 0.5) is 5.69 Å². The van der Waals surface area contributed by atoms with Crippen LogP contribution in [0.1, 0.15) is 43.5 Å². The van der Waals surface area contributed by atoms with E-state index in [0.29, 0.717) is 19.3 Å². The van der Waals surface area contributed by atoms with Crippen molar-refractivity contribution >= 4 is 29.9 Å². The van der Waals surface area contributed by atoms with Gasteiger partial charge in [-0.25, -0.2) is 4.79 Å². The number of unbranched alkanes of at least 4 members (excludes halogenated alkanes) is 1. The molecule has 1 aliphatic heterocycles. The van der Waals surface area contributed by atoms with Crippen LogP contribution >= 0.6 is 0 Å². The molecule has 5 atom stereocenters. The average molecular weight is 446 g/mol. The minimum atomic E-state index is -1.41. The van der Waals surface area contributed by atoms with Gasteiger partial charge in [-0.2, -0.15) is 0 Å². The third-order valence-electron chi connectivity index (χ3n) is 5.14. The molecule has 0 aromatic heterocycles. The van der Waals surface area contributed by atoms with E-state index in [1.807, 2.05) is 0 Å². The lowest BCUT2D eigenvalue weighted by Gasteiger charge is -2.24. The fraction of sp³-hybridized carbons (Fsp3) is 0.455. The van der Waals surface area contributed by atoms with E-state index in [9.17, 15) is 29.4 Å². The fourth-order valence-corrected chi connectivity index (χ4v) is 3.34. The third kappa shape index (κ3) is 5.76. The summed E-state index contributed by atoms with van der Waals surface area (Å²) in [6.45, 7) is 2.83. The number of hydrogen-bond donors (Lipinski definition) is 4. The molecule has 2 rings (SSSR count). The molecule has 1 aromatic rings. The molecule has 10 nitrogen and oxygen atoms in total. The van der Waals surface area contributed by atoms with E-state index >= 15 is 0 Å². The number of amides is 2. The molecule has 1 saturated heterocycles. The Bertz CT molecular complexity index is 910. The topological polar surface area (TPSA) is 151 Å². The number of ether oxygens (including phenoxy) is 2. The van der Waals surface area contributed by atoms with Crippen LogP contribution in [-0.4, -0.2) is 58.8 Å². The van der Waals surface area contributed by atoms with Gasteiger partial charge in [-0.05, 0) is 38.8 Å². The van der Waals surface area contributed by atoms with Crippen molar-refractivity contribution in [1.29, 1.82) is 0 Å². The summed E-state index contributed by atoms with van der Waals surface area (Å²) < 4.78 is 10.6. The Labute approximate surface area is 185 Å². The van der Waals surface area contributed by atoms with Crippen LogP contribution < -0.4 is 10.6 Å². The van der Waals surface area contributed by atoms with Crippen molar-refractivity contribution in [2.24, 2.45) is 5.92 Å². The monoisotopic (exact) mass is 446 g/mol. The maximum Gasteiger partial charge on any atom is 0.332 e. The van der Waals surface area contributed by atoms with Crippen molar-refractivity contribution < 1.29 is 38.9 Å². The number of rotatable bonds is 7. The van der Waals surface area contributed by atoms with Gasteiger partial charge in [0.25, 0.3) is 5.91 Å². The van der Waals surface area contributed by atoms with E-state index in [2.05, 4.69) is 16.6 Å². The molecule has 0 bridgehead atoms. The molecule has 0 radical (unpaired) electrons. The average Bonchev–Trinajstić information content (AvgIpc) is 2.77. The molecule has 0 spiro atoms. The second kappa shape index (κ2) is 11.2. The van der Waals surface area contributed by atoms with E-state index in [1.54, 1.807) is 0 Å². The minimum Gasteiger partial charge on any atom is -0.505 e. The Balaban J connectivity index is 2.25. The summed E-state index contributed by atoms with van der Waals surface area (Å²) in [5.41, 5.74) is -0.223. The van der Waals surface area contributed by atoms with Crippen molar-refractivity contribution in [1.82, 2.24) is 5.32 Å². The zero-order chi connectivity index (χ0) is 23.8. The Hall–Kier alpha value is -3.58. The number of para-hydroxylation sites is 1. The lowest BCUT2D eigenvalue weighted by atomic mass is 9.93. The second-order valence-corrected chi connectivity index (χ2v) is 7.39. The van der Waals surface area contributed by atoms with Gasteiger partial charge in [0.2, 0.25) is 6.41 Å². The van der Waals surface area contributed by atoms with Crippen LogP contribution in [0.2, 0.25) is 0 Å². The summed E-state index contributed by atoms with van der Waals surface area (Å²) in [5, 5.41) is 25.4. The number of hydrogen-bond acceptors (Lipinski definition) is 8. The molecule has 0 aliphatic carbocycles. The van der Waals surface area contributed by atoms with Gasteiger partial charge in [-0.3, -0.25) is 14.4 Å². The molecule has 0 unspecified atom stereocenters. The number of aliphatic hydroxyl groups is 1. The molecule has 1 fully saturated rings. The van der Waals surface area contributed by atoms with Crippen molar-refractivity contribution in [3.8, 4) is 18.1 Å². The smallest absolute Gasteiger partial charge is 0.332 e. The van der Waals surface area contributed by atoms with E-state index in [0.717, 1.165) is 0 Å². The number of terminal acetylenes is 1. The predicted molar refractivity (Wildman–Crippen MR) is 112 cm³/mol. The lowest BCUT2D eigenvalue weighted by molar-refractivity contribution is -0.160. The first-order valence-electron chi connectivity index (χ1n) is 10.1. The molecule has 1 heterocycles. The number of phenolic OH excluding ortho intramolecular Hbond substituents is 1. The van der Waals surface area contributed by atoms with Crippen LogP contribution in [0.15, 0.2) is 18.2 Å². The molecular weight excluding hydrogens is 420 g/mol. The summed E-state index contributed by atoms with van der Waals surface area (Å²) in [6.07, 6.45) is 3.17. The SMILES string of the molecule is C#CCCC[C@H]1C(=O)O[C@H](C)[C@H](NC(=O)c2cccc(NC=O)c2O)C(=O)O[C@@H](C)[C@@H]1O. The molecule has 1 aromatic carbocycles. The summed E-state index contributed by atoms with van der Waals surface area (Å²) >= 11 is 0. The van der Waals surface area contributed by atoms with Gasteiger partial charge < -0.3 is 30.3 Å². The highest BCUT2D eigenvalue weighted by molar-refractivity contribution is 6.01. The Kier molecular flexibility index (Phi) is 8.61. The van der Waals surface area contributed by atoms with Gasteiger partial charge in [0, 0.05) is 6.42 Å². The van der Waals surface area contributed by atoms with Crippen molar-refractivity contribution in [3.05, 3.63) is 23.8 Å². The Morgan fingerprint density at radius 3 is 2.56 bits per heavy atom. The van der Waals surface area contributed by atoms with Crippen molar-refractivity contribution in [2.75, 3.05) is 5.32 Å². The first-order valence-corrected chi connectivity index (χ1v) is 10.1. The zero-order valence-corrected chi connectivity index (χ0v) is 17.7. The Morgan fingerprint density at radius 1 is 1.22 bits per heavy atom. The summed E-state index contributed by atoms with van der Waals surface area (Å²) in [5.74, 6) is -1.54. The van der Waals surface area contributed by atoms with Crippen LogP contribution in [0.5, 0.6) is 5.75 Å². The number of nitrogens with one attached hydrogen (secondary N) is 2. The normalized spacial score (nSPS) is 25.8. The van der Waals surface area contributed by atoms with Gasteiger partial charge in [0.1, 0.15) is 18.3 Å². The maximum atomic E-state index is 12.7. The predicted octanol–water partition coefficient (Wildman–Crippen LogP) is 0.716. The number of carbonyl (C=O) groups excluding carboxylic acids is 4. The number of aromatic hydroxyl groups is 1. The zero-order valence-electron chi connectivity index (χ0n) is 17.7. The maximum absolute atomic E-state index is 12.7. The Morgan fingerprint density at radius 2 is 1.91 bits per heavy atom. The molecule has 172 valence electrons. The number of cyclic esters (lactones) is 2. The highest BCUT2D eigenvalue weighted by Gasteiger charge is 2.41. The van der Waals surface area contributed by atoms with Crippen LogP contribution in [-0.2, 0) is 23.9 Å². The second-order valence-electron chi connectivity index (χ2n) is 7.39. The third-order valence-corrected chi connectivity index (χ3v) is 5.14. The first kappa shape index (κ1) is 24.7. The molecule has 0 saturated carbocycles. The van der Waals surface area contributed by atoms with Gasteiger partial charge in [-0.15, -0.1) is 12.3 Å². The molecule has 2 amide bonds. The minimum absolute atomic E-state index is 0.00396. The van der Waals surface area contributed by atoms with Gasteiger partial charge in [0.05, 0.1) is 17.2 Å². The standard InChI is InChI=1S/C22H26N2O8/c1-4-5-6-8-15-18(26)13(3)32-22(30)17(12(2)31-21(15)29)24-20(28)14-9-7-10-16(19(14)27)23-11-25/h1,7,9-13,15,17-18,26-27H,5-6,8H2,2-3H3,(H,23,25)(H,24,28)/t12-,13+,15-,17+,18+/m1/s1. The lowest BCUT2D eigenvalue weighted by Crippen LogP contribution is -2.50. The number of esters is 2. The van der Waals surface area contributed by atoms with Crippen molar-refractivity contribution in [3.63, 3.8) is 0 Å². The van der Waals surface area contributed by atoms with Gasteiger partial charge >= 0.3 is 11.9 Å². The highest BCUT2D eigenvalue weighted by atomic mass is 16.6. The largest absolute Gasteiger partial charge is 0.505 e. The van der Waals surface area contributed by atoms with Crippen LogP contribution in [0.3, 0.4) is 0 Å². The van der Waals surface area contributed by atoms with E-state index in [-0.39, 0.29) is 17.7 Å². The summed E-state index contributed by atoms with van der Waals surface area (Å²) in [6, 6.07) is 2.67. The summed E-state index contributed by atoms with van der Waals surface area (Å²) in [7, 11) is 0. The first-order chi connectivity index (χ1) is 15.2. The number of phenols is 1. The summed E-state index contributed by atoms with van der Waals surface area (Å²) in [4.78, 5) is 48.7. The molecule has 1 aliphatic rings. The quantitative estimate of drug-likeness (QED) is 0.157. The number of carbonyl (C=O) groups is 4. The number of anilines is 1. The molecule has 4 N–H and O–H groups in total. The van der Waals surface area contributed by atoms with Crippen LogP contribution in [0, 0.1) is 18.3 Å². The fourth-order valence-electron chi connectivity index (χ4n) is 3.34. The van der Waals surface area contributed by atoms with Gasteiger partial charge in [0.15, 0.2) is 11.8 Å². The van der Waals surface area contributed by atoms with Crippen molar-refractivity contribution in [2.45, 2.75) is 57.5 Å². The molecule has 32 heavy (non-hydrogen) atoms. The highest BCUT2D eigenvalue weighted by Crippen LogP contribution is 2.28. The van der Waals surface area contributed by atoms with E-state index in [1.165, 1.54) is 32.0 Å². The molecule has 10 heteroatoms. The number of aliphatic hydroxyl groups excluding tert-OH is 1. The van der Waals surface area contributed by atoms with Gasteiger partial charge in [-0.1, -0.05) is 6.07 Å².